The molecule has 184 valence electrons. The molecule has 1 aliphatic rings. The first kappa shape index (κ1) is 22.9. The summed E-state index contributed by atoms with van der Waals surface area (Å²) in [7, 11) is 1.81. The second-order valence-corrected chi connectivity index (χ2v) is 9.66. The lowest BCUT2D eigenvalue weighted by atomic mass is 10.1. The van der Waals surface area contributed by atoms with Crippen molar-refractivity contribution in [1.82, 2.24) is 34.2 Å². The number of benzene rings is 1. The Labute approximate surface area is 215 Å². The summed E-state index contributed by atoms with van der Waals surface area (Å²) in [4.78, 5) is 27.1. The SMILES string of the molecule is C=CC(=O)N1CC[C@H](n2nc(C#Cc3cc4ncn(C)c4cc3F)c3c(N)ncc(-c4nccs4)c32)C1. The second-order valence-electron chi connectivity index (χ2n) is 8.77. The molecule has 0 spiro atoms. The fourth-order valence-corrected chi connectivity index (χ4v) is 5.35. The number of halogens is 1. The number of nitrogens with two attached hydrogens (primary N) is 1. The number of likely N-dealkylation sites (tertiary alicyclic amines) is 1. The van der Waals surface area contributed by atoms with E-state index < -0.39 is 5.82 Å². The molecule has 37 heavy (non-hydrogen) atoms. The van der Waals surface area contributed by atoms with Gasteiger partial charge in [-0.05, 0) is 24.5 Å². The lowest BCUT2D eigenvalue weighted by Crippen LogP contribution is -2.27. The molecule has 0 bridgehead atoms. The fraction of sp³-hybridized carbons (Fsp3) is 0.192. The van der Waals surface area contributed by atoms with E-state index in [2.05, 4.69) is 33.4 Å². The van der Waals surface area contributed by atoms with Crippen LogP contribution in [0.25, 0.3) is 32.5 Å². The van der Waals surface area contributed by atoms with E-state index in [-0.39, 0.29) is 23.3 Å². The number of fused-ring (bicyclic) bond motifs is 2. The minimum Gasteiger partial charge on any atom is -0.383 e. The summed E-state index contributed by atoms with van der Waals surface area (Å²) >= 11 is 1.48. The van der Waals surface area contributed by atoms with Gasteiger partial charge in [-0.1, -0.05) is 12.5 Å². The number of thiazole rings is 1. The number of aryl methyl sites for hydroxylation is 1. The van der Waals surface area contributed by atoms with Gasteiger partial charge in [-0.2, -0.15) is 5.10 Å². The molecule has 1 amide bonds. The zero-order valence-electron chi connectivity index (χ0n) is 19.8. The van der Waals surface area contributed by atoms with Crippen molar-refractivity contribution in [2.24, 2.45) is 7.05 Å². The van der Waals surface area contributed by atoms with Crippen molar-refractivity contribution >= 4 is 45.0 Å². The van der Waals surface area contributed by atoms with Gasteiger partial charge in [-0.25, -0.2) is 19.3 Å². The maximum Gasteiger partial charge on any atom is 0.246 e. The van der Waals surface area contributed by atoms with E-state index in [0.29, 0.717) is 41.6 Å². The minimum absolute atomic E-state index is 0.107. The molecule has 4 aromatic heterocycles. The fourth-order valence-electron chi connectivity index (χ4n) is 4.70. The minimum atomic E-state index is -0.448. The summed E-state index contributed by atoms with van der Waals surface area (Å²) in [6.45, 7) is 4.65. The highest BCUT2D eigenvalue weighted by Gasteiger charge is 2.30. The van der Waals surface area contributed by atoms with Gasteiger partial charge < -0.3 is 15.2 Å². The number of imidazole rings is 1. The van der Waals surface area contributed by atoms with Crippen molar-refractivity contribution in [3.8, 4) is 22.4 Å². The number of pyridine rings is 1. The van der Waals surface area contributed by atoms with Crippen LogP contribution in [0.2, 0.25) is 0 Å². The van der Waals surface area contributed by atoms with Crippen molar-refractivity contribution in [3.63, 3.8) is 0 Å². The molecule has 1 aromatic carbocycles. The molecule has 0 aliphatic carbocycles. The van der Waals surface area contributed by atoms with Gasteiger partial charge in [0.15, 0.2) is 0 Å². The number of rotatable bonds is 3. The highest BCUT2D eigenvalue weighted by molar-refractivity contribution is 7.13. The molecule has 2 N–H and O–H groups in total. The smallest absolute Gasteiger partial charge is 0.246 e. The van der Waals surface area contributed by atoms with Crippen LogP contribution in [0.4, 0.5) is 10.2 Å². The standard InChI is InChI=1S/C26H21FN8OS/c1-3-22(36)34-8-6-16(13-34)35-24-17(26-29-7-9-37-26)12-30-25(28)23(24)19(32-35)5-4-15-10-20-21(11-18(15)27)33(2)14-31-20/h3,7,9-12,14,16H,1,6,8,13H2,2H3,(H2,28,30)/t16-/m0/s1. The number of nitrogens with zero attached hydrogens (tertiary/aromatic N) is 7. The number of carbonyl (C=O) groups is 1. The Morgan fingerprint density at radius 3 is 2.95 bits per heavy atom. The van der Waals surface area contributed by atoms with Crippen LogP contribution in [0.3, 0.4) is 0 Å². The van der Waals surface area contributed by atoms with Crippen molar-refractivity contribution in [3.05, 3.63) is 66.0 Å². The number of anilines is 1. The van der Waals surface area contributed by atoms with E-state index >= 15 is 0 Å². The van der Waals surface area contributed by atoms with Crippen LogP contribution < -0.4 is 5.73 Å². The molecule has 1 saturated heterocycles. The third-order valence-electron chi connectivity index (χ3n) is 6.54. The predicted octanol–water partition coefficient (Wildman–Crippen LogP) is 3.52. The Hall–Kier alpha value is -4.56. The average molecular weight is 513 g/mol. The van der Waals surface area contributed by atoms with Crippen LogP contribution in [-0.2, 0) is 11.8 Å². The van der Waals surface area contributed by atoms with E-state index in [4.69, 9.17) is 10.8 Å². The molecular formula is C26H21FN8OS. The molecule has 0 unspecified atom stereocenters. The van der Waals surface area contributed by atoms with Gasteiger partial charge in [-0.15, -0.1) is 11.3 Å². The molecule has 6 rings (SSSR count). The topological polar surface area (TPSA) is 108 Å². The summed E-state index contributed by atoms with van der Waals surface area (Å²) in [6.07, 6.45) is 7.05. The molecule has 1 aliphatic heterocycles. The Morgan fingerprint density at radius 1 is 1.30 bits per heavy atom. The summed E-state index contributed by atoms with van der Waals surface area (Å²) in [5.41, 5.74) is 9.78. The zero-order valence-corrected chi connectivity index (χ0v) is 20.7. The molecule has 11 heteroatoms. The number of hydrogen-bond donors (Lipinski definition) is 1. The number of carbonyl (C=O) groups excluding carboxylic acids is 1. The first-order valence-corrected chi connectivity index (χ1v) is 12.4. The van der Waals surface area contributed by atoms with Crippen LogP contribution in [0, 0.1) is 17.7 Å². The number of hydrogen-bond acceptors (Lipinski definition) is 7. The molecule has 9 nitrogen and oxygen atoms in total. The summed E-state index contributed by atoms with van der Waals surface area (Å²) in [6, 6.07) is 2.93. The van der Waals surface area contributed by atoms with Gasteiger partial charge in [0.2, 0.25) is 5.91 Å². The number of nitrogen functional groups attached to an aromatic ring is 1. The van der Waals surface area contributed by atoms with Crippen LogP contribution in [0.1, 0.15) is 23.7 Å². The normalized spacial score (nSPS) is 15.3. The zero-order chi connectivity index (χ0) is 25.7. The predicted molar refractivity (Wildman–Crippen MR) is 140 cm³/mol. The van der Waals surface area contributed by atoms with Gasteiger partial charge >= 0.3 is 0 Å². The van der Waals surface area contributed by atoms with E-state index in [1.807, 2.05) is 17.1 Å². The van der Waals surface area contributed by atoms with E-state index in [0.717, 1.165) is 16.1 Å². The lowest BCUT2D eigenvalue weighted by molar-refractivity contribution is -0.125. The van der Waals surface area contributed by atoms with Crippen LogP contribution >= 0.6 is 11.3 Å². The molecule has 0 radical (unpaired) electrons. The van der Waals surface area contributed by atoms with Crippen LogP contribution in [0.15, 0.2) is 48.9 Å². The Bertz CT molecular complexity index is 1760. The Kier molecular flexibility index (Phi) is 5.46. The van der Waals surface area contributed by atoms with Crippen molar-refractivity contribution in [2.45, 2.75) is 12.5 Å². The van der Waals surface area contributed by atoms with Crippen molar-refractivity contribution in [1.29, 1.82) is 0 Å². The third-order valence-corrected chi connectivity index (χ3v) is 7.35. The monoisotopic (exact) mass is 512 g/mol. The maximum absolute atomic E-state index is 14.9. The largest absolute Gasteiger partial charge is 0.383 e. The van der Waals surface area contributed by atoms with Gasteiger partial charge in [0, 0.05) is 44.0 Å². The van der Waals surface area contributed by atoms with E-state index in [1.54, 1.807) is 34.3 Å². The Balaban J connectivity index is 1.52. The van der Waals surface area contributed by atoms with Crippen LogP contribution in [-0.4, -0.2) is 53.2 Å². The van der Waals surface area contributed by atoms with Gasteiger partial charge in [0.1, 0.15) is 22.3 Å². The highest BCUT2D eigenvalue weighted by Crippen LogP contribution is 2.37. The van der Waals surface area contributed by atoms with Crippen LogP contribution in [0.5, 0.6) is 0 Å². The molecule has 5 heterocycles. The average Bonchev–Trinajstić information content (AvgIpc) is 3.70. The summed E-state index contributed by atoms with van der Waals surface area (Å²) < 4.78 is 18.5. The second kappa shape index (κ2) is 8.83. The molecule has 5 aromatic rings. The first-order valence-electron chi connectivity index (χ1n) is 11.5. The van der Waals surface area contributed by atoms with Gasteiger partial charge in [0.25, 0.3) is 0 Å². The third kappa shape index (κ3) is 3.82. The quantitative estimate of drug-likeness (QED) is 0.293. The number of amides is 1. The molecular weight excluding hydrogens is 491 g/mol. The number of aromatic nitrogens is 6. The first-order chi connectivity index (χ1) is 17.9. The Morgan fingerprint density at radius 2 is 2.16 bits per heavy atom. The van der Waals surface area contributed by atoms with E-state index in [1.165, 1.54) is 23.5 Å². The lowest BCUT2D eigenvalue weighted by Gasteiger charge is -2.16. The summed E-state index contributed by atoms with van der Waals surface area (Å²) in [5.74, 6) is 5.64. The van der Waals surface area contributed by atoms with Crippen molar-refractivity contribution in [2.75, 3.05) is 18.8 Å². The van der Waals surface area contributed by atoms with Gasteiger partial charge in [-0.3, -0.25) is 9.48 Å². The molecule has 1 atom stereocenters. The molecule has 0 saturated carbocycles. The summed E-state index contributed by atoms with van der Waals surface area (Å²) in [5, 5.41) is 8.05. The van der Waals surface area contributed by atoms with Gasteiger partial charge in [0.05, 0.1) is 45.4 Å². The highest BCUT2D eigenvalue weighted by atomic mass is 32.1. The van der Waals surface area contributed by atoms with E-state index in [9.17, 15) is 9.18 Å². The van der Waals surface area contributed by atoms with Crippen molar-refractivity contribution < 1.29 is 9.18 Å². The maximum atomic E-state index is 14.9. The molecule has 1 fully saturated rings.